The molecular weight excluding hydrogens is 294 g/mol. The Hall–Kier alpha value is -1.67. The lowest BCUT2D eigenvalue weighted by Crippen LogP contribution is -2.31. The van der Waals surface area contributed by atoms with E-state index in [1.54, 1.807) is 0 Å². The Morgan fingerprint density at radius 3 is 2.57 bits per heavy atom. The number of nitrogens with zero attached hydrogens (tertiary/aromatic N) is 1. The number of sulfonamides is 1. The van der Waals surface area contributed by atoms with Gasteiger partial charge in [0.1, 0.15) is 4.90 Å². The third-order valence-corrected chi connectivity index (χ3v) is 5.90. The smallest absolute Gasteiger partial charge is 0.270 e. The van der Waals surface area contributed by atoms with Crippen LogP contribution in [0.2, 0.25) is 0 Å². The van der Waals surface area contributed by atoms with Crippen molar-refractivity contribution in [1.82, 2.24) is 4.72 Å². The molecular formula is C13H17N3O4S. The molecule has 0 amide bonds. The fourth-order valence-electron chi connectivity index (χ4n) is 2.77. The molecule has 114 valence electrons. The second kappa shape index (κ2) is 4.67. The summed E-state index contributed by atoms with van der Waals surface area (Å²) >= 11 is 0. The van der Waals surface area contributed by atoms with E-state index in [0.717, 1.165) is 18.9 Å². The Kier molecular flexibility index (Phi) is 3.18. The van der Waals surface area contributed by atoms with Crippen LogP contribution in [0.4, 0.5) is 11.4 Å². The van der Waals surface area contributed by atoms with Crippen molar-refractivity contribution in [3.8, 4) is 0 Å². The summed E-state index contributed by atoms with van der Waals surface area (Å²) in [5.74, 6) is 0.627. The maximum Gasteiger partial charge on any atom is 0.270 e. The van der Waals surface area contributed by atoms with E-state index in [-0.39, 0.29) is 21.7 Å². The molecule has 2 fully saturated rings. The van der Waals surface area contributed by atoms with Gasteiger partial charge in [0.05, 0.1) is 10.6 Å². The van der Waals surface area contributed by atoms with Crippen LogP contribution in [0.5, 0.6) is 0 Å². The van der Waals surface area contributed by atoms with Crippen LogP contribution in [0.3, 0.4) is 0 Å². The molecule has 21 heavy (non-hydrogen) atoms. The molecule has 2 aliphatic rings. The monoisotopic (exact) mass is 311 g/mol. The zero-order valence-corrected chi connectivity index (χ0v) is 12.2. The Morgan fingerprint density at radius 2 is 2.05 bits per heavy atom. The summed E-state index contributed by atoms with van der Waals surface area (Å²) in [5.41, 5.74) is 5.51. The lowest BCUT2D eigenvalue weighted by Gasteiger charge is -2.15. The van der Waals surface area contributed by atoms with Gasteiger partial charge in [0.15, 0.2) is 0 Å². The number of nitrogens with two attached hydrogens (primary N) is 1. The molecule has 8 heteroatoms. The van der Waals surface area contributed by atoms with E-state index >= 15 is 0 Å². The zero-order chi connectivity index (χ0) is 15.3. The first-order chi connectivity index (χ1) is 9.84. The normalized spacial score (nSPS) is 20.2. The van der Waals surface area contributed by atoms with Gasteiger partial charge >= 0.3 is 0 Å². The van der Waals surface area contributed by atoms with Crippen molar-refractivity contribution in [3.63, 3.8) is 0 Å². The molecule has 0 unspecified atom stereocenters. The second-order valence-electron chi connectivity index (χ2n) is 5.94. The van der Waals surface area contributed by atoms with Crippen LogP contribution >= 0.6 is 0 Å². The van der Waals surface area contributed by atoms with Gasteiger partial charge in [-0.3, -0.25) is 10.1 Å². The number of nitrogen functional groups attached to an aromatic ring is 1. The number of hydrogen-bond donors (Lipinski definition) is 2. The molecule has 2 aliphatic carbocycles. The fourth-order valence-corrected chi connectivity index (χ4v) is 4.06. The lowest BCUT2D eigenvalue weighted by molar-refractivity contribution is -0.385. The molecule has 1 aromatic rings. The van der Waals surface area contributed by atoms with Crippen LogP contribution < -0.4 is 10.5 Å². The van der Waals surface area contributed by atoms with Crippen molar-refractivity contribution in [2.45, 2.75) is 30.6 Å². The van der Waals surface area contributed by atoms with E-state index in [4.69, 9.17) is 5.73 Å². The molecule has 0 bridgehead atoms. The second-order valence-corrected chi connectivity index (χ2v) is 7.68. The van der Waals surface area contributed by atoms with Gasteiger partial charge in [-0.25, -0.2) is 13.1 Å². The Bertz CT molecular complexity index is 693. The van der Waals surface area contributed by atoms with Crippen LogP contribution in [0.25, 0.3) is 0 Å². The van der Waals surface area contributed by atoms with Gasteiger partial charge in [0.2, 0.25) is 10.0 Å². The van der Waals surface area contributed by atoms with Gasteiger partial charge in [-0.2, -0.15) is 0 Å². The van der Waals surface area contributed by atoms with Crippen molar-refractivity contribution in [1.29, 1.82) is 0 Å². The predicted molar refractivity (Wildman–Crippen MR) is 77.1 cm³/mol. The summed E-state index contributed by atoms with van der Waals surface area (Å²) in [5, 5.41) is 10.8. The fraction of sp³-hybridized carbons (Fsp3) is 0.538. The van der Waals surface area contributed by atoms with Gasteiger partial charge in [-0.15, -0.1) is 0 Å². The Morgan fingerprint density at radius 1 is 1.38 bits per heavy atom. The van der Waals surface area contributed by atoms with Gasteiger partial charge in [-0.05, 0) is 43.1 Å². The third-order valence-electron chi connectivity index (χ3n) is 4.45. The summed E-state index contributed by atoms with van der Waals surface area (Å²) in [4.78, 5) is 9.91. The first kappa shape index (κ1) is 14.3. The molecule has 3 rings (SSSR count). The molecule has 2 saturated carbocycles. The Labute approximate surface area is 122 Å². The number of rotatable bonds is 6. The molecule has 0 radical (unpaired) electrons. The van der Waals surface area contributed by atoms with E-state index in [2.05, 4.69) is 4.72 Å². The molecule has 0 saturated heterocycles. The highest BCUT2D eigenvalue weighted by Gasteiger charge is 2.53. The Balaban J connectivity index is 1.81. The maximum absolute atomic E-state index is 12.3. The summed E-state index contributed by atoms with van der Waals surface area (Å²) in [7, 11) is -3.83. The summed E-state index contributed by atoms with van der Waals surface area (Å²) in [6.07, 6.45) is 4.43. The third kappa shape index (κ3) is 2.73. The van der Waals surface area contributed by atoms with E-state index in [1.807, 2.05) is 0 Å². The van der Waals surface area contributed by atoms with Crippen molar-refractivity contribution < 1.29 is 13.3 Å². The molecule has 0 heterocycles. The number of nitrogens with one attached hydrogen (secondary N) is 1. The number of benzene rings is 1. The molecule has 7 nitrogen and oxygen atoms in total. The van der Waals surface area contributed by atoms with Crippen LogP contribution in [-0.4, -0.2) is 19.9 Å². The first-order valence-electron chi connectivity index (χ1n) is 6.88. The van der Waals surface area contributed by atoms with Crippen LogP contribution in [0.1, 0.15) is 25.7 Å². The molecule has 1 aromatic carbocycles. The summed E-state index contributed by atoms with van der Waals surface area (Å²) in [6, 6.07) is 3.45. The topological polar surface area (TPSA) is 115 Å². The molecule has 0 aliphatic heterocycles. The van der Waals surface area contributed by atoms with Gasteiger partial charge in [0, 0.05) is 18.7 Å². The van der Waals surface area contributed by atoms with Gasteiger partial charge < -0.3 is 5.73 Å². The predicted octanol–water partition coefficient (Wildman–Crippen LogP) is 1.65. The van der Waals surface area contributed by atoms with E-state index in [1.165, 1.54) is 25.0 Å². The zero-order valence-electron chi connectivity index (χ0n) is 11.4. The average Bonchev–Trinajstić information content (AvgIpc) is 3.28. The minimum atomic E-state index is -3.83. The highest BCUT2D eigenvalue weighted by Crippen LogP contribution is 2.60. The van der Waals surface area contributed by atoms with Crippen molar-refractivity contribution in [2.24, 2.45) is 11.3 Å². The minimum absolute atomic E-state index is 0.0179. The average molecular weight is 311 g/mol. The number of non-ortho nitro benzene ring substituents is 1. The van der Waals surface area contributed by atoms with Crippen molar-refractivity contribution >= 4 is 21.4 Å². The van der Waals surface area contributed by atoms with E-state index in [0.29, 0.717) is 12.5 Å². The number of nitro benzene ring substituents is 1. The van der Waals surface area contributed by atoms with Crippen molar-refractivity contribution in [2.75, 3.05) is 12.3 Å². The van der Waals surface area contributed by atoms with Crippen molar-refractivity contribution in [3.05, 3.63) is 28.3 Å². The molecule has 0 spiro atoms. The highest BCUT2D eigenvalue weighted by molar-refractivity contribution is 7.89. The number of anilines is 1. The number of hydrogen-bond acceptors (Lipinski definition) is 5. The van der Waals surface area contributed by atoms with Gasteiger partial charge in [0.25, 0.3) is 5.69 Å². The van der Waals surface area contributed by atoms with Crippen LogP contribution in [-0.2, 0) is 10.0 Å². The summed E-state index contributed by atoms with van der Waals surface area (Å²) in [6.45, 7) is 0.391. The van der Waals surface area contributed by atoms with Gasteiger partial charge in [-0.1, -0.05) is 0 Å². The standard InChI is InChI=1S/C13H17N3O4S/c14-11-4-3-10(16(17)18)7-12(11)21(19,20)15-8-13(5-6-13)9-1-2-9/h3-4,7,9,15H,1-2,5-6,8,14H2. The largest absolute Gasteiger partial charge is 0.398 e. The maximum atomic E-state index is 12.3. The minimum Gasteiger partial charge on any atom is -0.398 e. The molecule has 0 atom stereocenters. The first-order valence-corrected chi connectivity index (χ1v) is 8.36. The van der Waals surface area contributed by atoms with Crippen LogP contribution in [0.15, 0.2) is 23.1 Å². The lowest BCUT2D eigenvalue weighted by atomic mass is 10.0. The van der Waals surface area contributed by atoms with Crippen LogP contribution in [0, 0.1) is 21.4 Å². The van der Waals surface area contributed by atoms with E-state index < -0.39 is 14.9 Å². The summed E-state index contributed by atoms with van der Waals surface area (Å²) < 4.78 is 27.2. The number of nitro groups is 1. The van der Waals surface area contributed by atoms with E-state index in [9.17, 15) is 18.5 Å². The quantitative estimate of drug-likeness (QED) is 0.471. The SMILES string of the molecule is Nc1ccc([N+](=O)[O-])cc1S(=O)(=O)NCC1(C2CC2)CC1. The molecule has 3 N–H and O–H groups in total. The highest BCUT2D eigenvalue weighted by atomic mass is 32.2. The molecule has 0 aromatic heterocycles.